The molecule has 0 bridgehead atoms. The Kier molecular flexibility index (Phi) is 2.37. The molecule has 16 heavy (non-hydrogen) atoms. The van der Waals surface area contributed by atoms with Gasteiger partial charge in [0.1, 0.15) is 0 Å². The van der Waals surface area contributed by atoms with Gasteiger partial charge in [0.05, 0.1) is 28.8 Å². The lowest BCUT2D eigenvalue weighted by Crippen LogP contribution is -2.24. The number of hydrogen-bond acceptors (Lipinski definition) is 5. The average Bonchev–Trinajstić information content (AvgIpc) is 2.29. The lowest BCUT2D eigenvalue weighted by molar-refractivity contribution is -0.384. The SMILES string of the molecule is NCn1cnc2ccc([N+](=O)[O-])cc2c1=O. The second kappa shape index (κ2) is 3.70. The van der Waals surface area contributed by atoms with Crippen molar-refractivity contribution in [2.24, 2.45) is 5.73 Å². The predicted octanol–water partition coefficient (Wildman–Crippen LogP) is 0.221. The molecule has 1 aromatic carbocycles. The van der Waals surface area contributed by atoms with Crippen LogP contribution in [-0.2, 0) is 6.67 Å². The van der Waals surface area contributed by atoms with Crippen LogP contribution in [-0.4, -0.2) is 14.5 Å². The van der Waals surface area contributed by atoms with Gasteiger partial charge in [-0.25, -0.2) is 4.98 Å². The molecule has 7 nitrogen and oxygen atoms in total. The Bertz CT molecular complexity index is 620. The molecule has 2 rings (SSSR count). The molecule has 82 valence electrons. The summed E-state index contributed by atoms with van der Waals surface area (Å²) in [7, 11) is 0. The zero-order valence-corrected chi connectivity index (χ0v) is 8.16. The van der Waals surface area contributed by atoms with Crippen LogP contribution in [0.5, 0.6) is 0 Å². The average molecular weight is 220 g/mol. The van der Waals surface area contributed by atoms with Crippen LogP contribution >= 0.6 is 0 Å². The summed E-state index contributed by atoms with van der Waals surface area (Å²) in [4.78, 5) is 25.7. The highest BCUT2D eigenvalue weighted by Gasteiger charge is 2.09. The van der Waals surface area contributed by atoms with Crippen LogP contribution < -0.4 is 11.3 Å². The van der Waals surface area contributed by atoms with Crippen LogP contribution in [0.1, 0.15) is 0 Å². The minimum Gasteiger partial charge on any atom is -0.313 e. The summed E-state index contributed by atoms with van der Waals surface area (Å²) in [6, 6.07) is 3.95. The van der Waals surface area contributed by atoms with E-state index >= 15 is 0 Å². The van der Waals surface area contributed by atoms with E-state index in [1.165, 1.54) is 29.1 Å². The maximum Gasteiger partial charge on any atom is 0.270 e. The third-order valence-electron chi connectivity index (χ3n) is 2.22. The highest BCUT2D eigenvalue weighted by Crippen LogP contribution is 2.15. The molecule has 0 unspecified atom stereocenters. The Morgan fingerprint density at radius 3 is 2.88 bits per heavy atom. The fourth-order valence-electron chi connectivity index (χ4n) is 1.39. The van der Waals surface area contributed by atoms with Crippen molar-refractivity contribution in [3.63, 3.8) is 0 Å². The molecule has 0 aliphatic rings. The van der Waals surface area contributed by atoms with E-state index < -0.39 is 4.92 Å². The van der Waals surface area contributed by atoms with Gasteiger partial charge in [-0.05, 0) is 6.07 Å². The van der Waals surface area contributed by atoms with E-state index in [9.17, 15) is 14.9 Å². The van der Waals surface area contributed by atoms with Crippen molar-refractivity contribution in [1.29, 1.82) is 0 Å². The highest BCUT2D eigenvalue weighted by molar-refractivity contribution is 5.79. The molecule has 0 saturated carbocycles. The Labute approximate surface area is 89.3 Å². The molecule has 2 aromatic rings. The van der Waals surface area contributed by atoms with Crippen molar-refractivity contribution >= 4 is 16.6 Å². The predicted molar refractivity (Wildman–Crippen MR) is 56.8 cm³/mol. The summed E-state index contributed by atoms with van der Waals surface area (Å²) < 4.78 is 1.19. The highest BCUT2D eigenvalue weighted by atomic mass is 16.6. The summed E-state index contributed by atoms with van der Waals surface area (Å²) in [6.45, 7) is -0.00946. The van der Waals surface area contributed by atoms with Gasteiger partial charge in [-0.15, -0.1) is 0 Å². The van der Waals surface area contributed by atoms with Crippen molar-refractivity contribution in [1.82, 2.24) is 9.55 Å². The number of rotatable bonds is 2. The molecule has 0 spiro atoms. The zero-order chi connectivity index (χ0) is 11.7. The number of non-ortho nitro benzene ring substituents is 1. The minimum absolute atomic E-state index is 0.00946. The topological polar surface area (TPSA) is 104 Å². The van der Waals surface area contributed by atoms with Crippen molar-refractivity contribution in [2.45, 2.75) is 6.67 Å². The molecular weight excluding hydrogens is 212 g/mol. The summed E-state index contributed by atoms with van der Waals surface area (Å²) >= 11 is 0. The number of benzene rings is 1. The molecule has 1 aromatic heterocycles. The van der Waals surface area contributed by atoms with E-state index in [2.05, 4.69) is 4.98 Å². The fourth-order valence-corrected chi connectivity index (χ4v) is 1.39. The van der Waals surface area contributed by atoms with Crippen LogP contribution in [0.4, 0.5) is 5.69 Å². The van der Waals surface area contributed by atoms with Crippen LogP contribution in [0.25, 0.3) is 10.9 Å². The maximum absolute atomic E-state index is 11.8. The van der Waals surface area contributed by atoms with Gasteiger partial charge in [-0.1, -0.05) is 0 Å². The maximum atomic E-state index is 11.8. The number of aromatic nitrogens is 2. The molecule has 0 fully saturated rings. The van der Waals surface area contributed by atoms with Crippen LogP contribution in [0.2, 0.25) is 0 Å². The van der Waals surface area contributed by atoms with E-state index in [-0.39, 0.29) is 23.3 Å². The van der Waals surface area contributed by atoms with Crippen molar-refractivity contribution in [3.8, 4) is 0 Å². The molecule has 0 aliphatic carbocycles. The Balaban J connectivity index is 2.79. The number of nitro benzene ring substituents is 1. The first kappa shape index (κ1) is 10.2. The lowest BCUT2D eigenvalue weighted by Gasteiger charge is -2.02. The molecule has 1 heterocycles. The monoisotopic (exact) mass is 220 g/mol. The molecular formula is C9H8N4O3. The van der Waals surface area contributed by atoms with Crippen molar-refractivity contribution in [3.05, 3.63) is 45.0 Å². The lowest BCUT2D eigenvalue weighted by atomic mass is 10.2. The van der Waals surface area contributed by atoms with E-state index in [0.717, 1.165) is 0 Å². The molecule has 0 atom stereocenters. The number of fused-ring (bicyclic) bond motifs is 1. The third-order valence-corrected chi connectivity index (χ3v) is 2.22. The standard InChI is InChI=1S/C9H8N4O3/c10-4-12-5-11-8-2-1-6(13(15)16)3-7(8)9(12)14/h1-3,5H,4,10H2. The second-order valence-electron chi connectivity index (χ2n) is 3.16. The summed E-state index contributed by atoms with van der Waals surface area (Å²) in [5.41, 5.74) is 5.23. The third kappa shape index (κ3) is 1.52. The zero-order valence-electron chi connectivity index (χ0n) is 8.16. The van der Waals surface area contributed by atoms with Gasteiger partial charge in [0.2, 0.25) is 0 Å². The molecule has 7 heteroatoms. The van der Waals surface area contributed by atoms with Gasteiger partial charge in [0.15, 0.2) is 0 Å². The summed E-state index contributed by atoms with van der Waals surface area (Å²) in [6.07, 6.45) is 1.32. The molecule has 0 saturated heterocycles. The van der Waals surface area contributed by atoms with Gasteiger partial charge < -0.3 is 5.73 Å². The Morgan fingerprint density at radius 2 is 2.25 bits per heavy atom. The normalized spacial score (nSPS) is 10.6. The molecule has 0 radical (unpaired) electrons. The van der Waals surface area contributed by atoms with Gasteiger partial charge in [0.25, 0.3) is 11.2 Å². The number of hydrogen-bond donors (Lipinski definition) is 1. The van der Waals surface area contributed by atoms with Gasteiger partial charge in [-0.2, -0.15) is 0 Å². The van der Waals surface area contributed by atoms with Crippen molar-refractivity contribution < 1.29 is 4.92 Å². The number of nitro groups is 1. The summed E-state index contributed by atoms with van der Waals surface area (Å²) in [5, 5.41) is 10.8. The first-order valence-corrected chi connectivity index (χ1v) is 4.47. The number of nitrogens with zero attached hydrogens (tertiary/aromatic N) is 3. The quantitative estimate of drug-likeness (QED) is 0.575. The Morgan fingerprint density at radius 1 is 1.50 bits per heavy atom. The van der Waals surface area contributed by atoms with Crippen molar-refractivity contribution in [2.75, 3.05) is 0 Å². The number of nitrogens with two attached hydrogens (primary N) is 1. The largest absolute Gasteiger partial charge is 0.313 e. The van der Waals surface area contributed by atoms with Crippen LogP contribution in [0.3, 0.4) is 0 Å². The van der Waals surface area contributed by atoms with Crippen LogP contribution in [0, 0.1) is 10.1 Å². The van der Waals surface area contributed by atoms with Gasteiger partial charge in [-0.3, -0.25) is 19.5 Å². The first-order chi connectivity index (χ1) is 7.63. The van der Waals surface area contributed by atoms with E-state index in [0.29, 0.717) is 5.52 Å². The van der Waals surface area contributed by atoms with Gasteiger partial charge in [0, 0.05) is 12.1 Å². The van der Waals surface area contributed by atoms with Crippen LogP contribution in [0.15, 0.2) is 29.3 Å². The molecule has 0 aliphatic heterocycles. The van der Waals surface area contributed by atoms with E-state index in [1.54, 1.807) is 0 Å². The minimum atomic E-state index is -0.557. The molecule has 0 amide bonds. The fraction of sp³-hybridized carbons (Fsp3) is 0.111. The summed E-state index contributed by atoms with van der Waals surface area (Å²) in [5.74, 6) is 0. The molecule has 2 N–H and O–H groups in total. The van der Waals surface area contributed by atoms with Gasteiger partial charge >= 0.3 is 0 Å². The first-order valence-electron chi connectivity index (χ1n) is 4.47. The van der Waals surface area contributed by atoms with E-state index in [1.807, 2.05) is 0 Å². The Hall–Kier alpha value is -2.28. The smallest absolute Gasteiger partial charge is 0.270 e. The second-order valence-corrected chi connectivity index (χ2v) is 3.16. The van der Waals surface area contributed by atoms with E-state index in [4.69, 9.17) is 5.73 Å².